The number of nitrogens with one attached hydrogen (secondary N) is 1. The maximum atomic E-state index is 13.8. The molecule has 1 aliphatic rings. The third kappa shape index (κ3) is 2.71. The fourth-order valence-corrected chi connectivity index (χ4v) is 2.83. The lowest BCUT2D eigenvalue weighted by Gasteiger charge is -2.14. The van der Waals surface area contributed by atoms with Gasteiger partial charge in [-0.15, -0.1) is 0 Å². The Kier molecular flexibility index (Phi) is 3.88. The van der Waals surface area contributed by atoms with Crippen molar-refractivity contribution in [1.29, 1.82) is 0 Å². The van der Waals surface area contributed by atoms with E-state index in [2.05, 4.69) is 35.1 Å². The second-order valence-corrected chi connectivity index (χ2v) is 6.06. The molecule has 0 spiro atoms. The molecular weight excluding hydrogens is 281 g/mol. The van der Waals surface area contributed by atoms with E-state index in [1.807, 2.05) is 6.07 Å². The number of hydrogen-bond donors (Lipinski definition) is 1. The van der Waals surface area contributed by atoms with Crippen molar-refractivity contribution in [3.8, 4) is 0 Å². The van der Waals surface area contributed by atoms with Crippen LogP contribution in [0.15, 0.2) is 22.7 Å². The van der Waals surface area contributed by atoms with E-state index in [4.69, 9.17) is 0 Å². The molecule has 1 nitrogen and oxygen atoms in total. The van der Waals surface area contributed by atoms with Crippen LogP contribution in [0.2, 0.25) is 0 Å². The summed E-state index contributed by atoms with van der Waals surface area (Å²) in [6.45, 7) is 6.37. The molecule has 0 radical (unpaired) electrons. The van der Waals surface area contributed by atoms with Gasteiger partial charge in [0.25, 0.3) is 0 Å². The van der Waals surface area contributed by atoms with Gasteiger partial charge in [0.2, 0.25) is 0 Å². The lowest BCUT2D eigenvalue weighted by atomic mass is 9.95. The molecule has 94 valence electrons. The van der Waals surface area contributed by atoms with Gasteiger partial charge < -0.3 is 5.32 Å². The SMILES string of the molecule is CCCNCC1CC1(C)c1cc(Br)ccc1F. The molecule has 2 atom stereocenters. The van der Waals surface area contributed by atoms with Crippen molar-refractivity contribution in [1.82, 2.24) is 5.32 Å². The first-order chi connectivity index (χ1) is 8.08. The lowest BCUT2D eigenvalue weighted by Crippen LogP contribution is -2.21. The Morgan fingerprint density at radius 2 is 2.29 bits per heavy atom. The van der Waals surface area contributed by atoms with Crippen LogP contribution >= 0.6 is 15.9 Å². The van der Waals surface area contributed by atoms with Gasteiger partial charge in [0.05, 0.1) is 0 Å². The maximum absolute atomic E-state index is 13.8. The Bertz CT molecular complexity index is 407. The van der Waals surface area contributed by atoms with Crippen LogP contribution < -0.4 is 5.32 Å². The van der Waals surface area contributed by atoms with Crippen molar-refractivity contribution >= 4 is 15.9 Å². The second kappa shape index (κ2) is 5.07. The van der Waals surface area contributed by atoms with Gasteiger partial charge in [0, 0.05) is 4.47 Å². The summed E-state index contributed by atoms with van der Waals surface area (Å²) in [6, 6.07) is 5.24. The summed E-state index contributed by atoms with van der Waals surface area (Å²) >= 11 is 3.42. The summed E-state index contributed by atoms with van der Waals surface area (Å²) in [7, 11) is 0. The van der Waals surface area contributed by atoms with E-state index in [0.29, 0.717) is 5.92 Å². The van der Waals surface area contributed by atoms with Crippen LogP contribution in [0.3, 0.4) is 0 Å². The standard InChI is InChI=1S/C14H19BrFN/c1-3-6-17-9-10-8-14(10,2)12-7-11(15)4-5-13(12)16/h4-5,7,10,17H,3,6,8-9H2,1-2H3. The van der Waals surface area contributed by atoms with Gasteiger partial charge in [-0.25, -0.2) is 4.39 Å². The fraction of sp³-hybridized carbons (Fsp3) is 0.571. The average molecular weight is 300 g/mol. The van der Waals surface area contributed by atoms with Gasteiger partial charge in [-0.05, 0) is 61.0 Å². The molecule has 17 heavy (non-hydrogen) atoms. The first-order valence-electron chi connectivity index (χ1n) is 6.24. The number of hydrogen-bond acceptors (Lipinski definition) is 1. The highest BCUT2D eigenvalue weighted by atomic mass is 79.9. The molecule has 1 saturated carbocycles. The molecule has 0 heterocycles. The molecular formula is C14H19BrFN. The Balaban J connectivity index is 2.05. The number of halogens is 2. The number of rotatable bonds is 5. The van der Waals surface area contributed by atoms with Gasteiger partial charge in [-0.1, -0.05) is 29.8 Å². The Labute approximate surface area is 111 Å². The lowest BCUT2D eigenvalue weighted by molar-refractivity contribution is 0.540. The van der Waals surface area contributed by atoms with Gasteiger partial charge >= 0.3 is 0 Å². The third-order valence-corrected chi connectivity index (χ3v) is 4.27. The zero-order valence-electron chi connectivity index (χ0n) is 10.4. The molecule has 3 heteroatoms. The minimum absolute atomic E-state index is 0.0224. The van der Waals surface area contributed by atoms with E-state index in [1.165, 1.54) is 0 Å². The van der Waals surface area contributed by atoms with Crippen molar-refractivity contribution in [3.05, 3.63) is 34.1 Å². The van der Waals surface area contributed by atoms with Crippen LogP contribution in [0.4, 0.5) is 4.39 Å². The highest BCUT2D eigenvalue weighted by molar-refractivity contribution is 9.10. The minimum Gasteiger partial charge on any atom is -0.316 e. The van der Waals surface area contributed by atoms with E-state index >= 15 is 0 Å². The quantitative estimate of drug-likeness (QED) is 0.814. The highest BCUT2D eigenvalue weighted by Gasteiger charge is 2.51. The molecule has 0 amide bonds. The van der Waals surface area contributed by atoms with Crippen LogP contribution in [-0.4, -0.2) is 13.1 Å². The molecule has 0 aromatic heterocycles. The third-order valence-electron chi connectivity index (χ3n) is 3.77. The largest absolute Gasteiger partial charge is 0.316 e. The monoisotopic (exact) mass is 299 g/mol. The van der Waals surface area contributed by atoms with Crippen molar-refractivity contribution in [2.24, 2.45) is 5.92 Å². The molecule has 1 N–H and O–H groups in total. The summed E-state index contributed by atoms with van der Waals surface area (Å²) in [5.74, 6) is 0.492. The molecule has 1 aromatic rings. The molecule has 1 aromatic carbocycles. The average Bonchev–Trinajstić information content (AvgIpc) is 2.95. The van der Waals surface area contributed by atoms with E-state index in [1.54, 1.807) is 12.1 Å². The van der Waals surface area contributed by atoms with Gasteiger partial charge in [-0.2, -0.15) is 0 Å². The molecule has 0 saturated heterocycles. The summed E-state index contributed by atoms with van der Waals surface area (Å²) < 4.78 is 14.8. The zero-order valence-corrected chi connectivity index (χ0v) is 12.0. The van der Waals surface area contributed by atoms with Crippen LogP contribution in [0.25, 0.3) is 0 Å². The summed E-state index contributed by atoms with van der Waals surface area (Å²) in [4.78, 5) is 0. The predicted molar refractivity (Wildman–Crippen MR) is 72.7 cm³/mol. The Morgan fingerprint density at radius 1 is 1.53 bits per heavy atom. The summed E-state index contributed by atoms with van der Waals surface area (Å²) in [6.07, 6.45) is 2.23. The maximum Gasteiger partial charge on any atom is 0.127 e. The van der Waals surface area contributed by atoms with E-state index in [-0.39, 0.29) is 11.2 Å². The van der Waals surface area contributed by atoms with Crippen LogP contribution in [0, 0.1) is 11.7 Å². The summed E-state index contributed by atoms with van der Waals surface area (Å²) in [5, 5.41) is 3.42. The Hall–Kier alpha value is -0.410. The van der Waals surface area contributed by atoms with Gasteiger partial charge in [-0.3, -0.25) is 0 Å². The normalized spacial score (nSPS) is 27.2. The fourth-order valence-electron chi connectivity index (χ4n) is 2.47. The Morgan fingerprint density at radius 3 is 3.00 bits per heavy atom. The highest BCUT2D eigenvalue weighted by Crippen LogP contribution is 2.54. The van der Waals surface area contributed by atoms with Crippen LogP contribution in [0.5, 0.6) is 0 Å². The zero-order chi connectivity index (χ0) is 12.5. The van der Waals surface area contributed by atoms with Crippen molar-refractivity contribution in [2.75, 3.05) is 13.1 Å². The van der Waals surface area contributed by atoms with Gasteiger partial charge in [0.15, 0.2) is 0 Å². The molecule has 1 fully saturated rings. The van der Waals surface area contributed by atoms with Gasteiger partial charge in [0.1, 0.15) is 5.82 Å². The molecule has 0 aliphatic heterocycles. The molecule has 1 aliphatic carbocycles. The molecule has 2 rings (SSSR count). The minimum atomic E-state index is -0.0753. The van der Waals surface area contributed by atoms with Crippen molar-refractivity contribution < 1.29 is 4.39 Å². The van der Waals surface area contributed by atoms with Crippen LogP contribution in [-0.2, 0) is 5.41 Å². The molecule has 0 bridgehead atoms. The topological polar surface area (TPSA) is 12.0 Å². The van der Waals surface area contributed by atoms with Crippen molar-refractivity contribution in [2.45, 2.75) is 32.1 Å². The van der Waals surface area contributed by atoms with E-state index in [9.17, 15) is 4.39 Å². The summed E-state index contributed by atoms with van der Waals surface area (Å²) in [5.41, 5.74) is 0.879. The number of benzene rings is 1. The van der Waals surface area contributed by atoms with E-state index < -0.39 is 0 Å². The van der Waals surface area contributed by atoms with Crippen LogP contribution in [0.1, 0.15) is 32.3 Å². The van der Waals surface area contributed by atoms with E-state index in [0.717, 1.165) is 36.0 Å². The predicted octanol–water partition coefficient (Wildman–Crippen LogP) is 3.87. The molecule has 2 unspecified atom stereocenters. The van der Waals surface area contributed by atoms with Crippen molar-refractivity contribution in [3.63, 3.8) is 0 Å². The first kappa shape index (κ1) is 13.0. The second-order valence-electron chi connectivity index (χ2n) is 5.15. The first-order valence-corrected chi connectivity index (χ1v) is 7.03. The smallest absolute Gasteiger partial charge is 0.127 e.